The average molecular weight is 460 g/mol. The second-order valence-electron chi connectivity index (χ2n) is 8.79. The standard InChI is InChI=1S/C25H33N3O3.ClH/c1-15-5-6-16(2)18(9-15)20-13-28-8-7-17-10-24(31-14-25(29)27-3)23(30-4)11-19(17)22(28)12-21(20)26;/h5-6,9-11,20-22H,7-8,12-14,26H2,1-4H3,(H,27,29);1H/t20-,21+,22+;/m0./s1. The molecule has 2 aromatic rings. The van der Waals surface area contributed by atoms with Gasteiger partial charge in [-0.05, 0) is 61.1 Å². The molecule has 0 radical (unpaired) electrons. The van der Waals surface area contributed by atoms with Crippen LogP contribution in [0.4, 0.5) is 0 Å². The predicted octanol–water partition coefficient (Wildman–Crippen LogP) is 3.27. The third kappa shape index (κ3) is 4.72. The van der Waals surface area contributed by atoms with Gasteiger partial charge in [0.25, 0.3) is 5.91 Å². The highest BCUT2D eigenvalue weighted by Crippen LogP contribution is 2.44. The SMILES string of the molecule is CNC(=O)COc1cc2c(cc1OC)[C@H]1C[C@@H](N)[C@H](c3cc(C)ccc3C)CN1CC2.Cl. The van der Waals surface area contributed by atoms with E-state index in [2.05, 4.69) is 48.3 Å². The van der Waals surface area contributed by atoms with E-state index >= 15 is 0 Å². The van der Waals surface area contributed by atoms with E-state index < -0.39 is 0 Å². The molecule has 2 heterocycles. The maximum Gasteiger partial charge on any atom is 0.257 e. The summed E-state index contributed by atoms with van der Waals surface area (Å²) < 4.78 is 11.3. The number of amides is 1. The van der Waals surface area contributed by atoms with Crippen LogP contribution in [0.2, 0.25) is 0 Å². The van der Waals surface area contributed by atoms with Crippen molar-refractivity contribution in [2.45, 2.75) is 44.7 Å². The monoisotopic (exact) mass is 459 g/mol. The van der Waals surface area contributed by atoms with Gasteiger partial charge in [-0.25, -0.2) is 0 Å². The van der Waals surface area contributed by atoms with Gasteiger partial charge in [-0.1, -0.05) is 23.8 Å². The van der Waals surface area contributed by atoms with Crippen LogP contribution >= 0.6 is 12.4 Å². The van der Waals surface area contributed by atoms with Gasteiger partial charge in [0.05, 0.1) is 7.11 Å². The topological polar surface area (TPSA) is 76.8 Å². The van der Waals surface area contributed by atoms with Crippen molar-refractivity contribution < 1.29 is 14.3 Å². The maximum atomic E-state index is 11.6. The quantitative estimate of drug-likeness (QED) is 0.717. The summed E-state index contributed by atoms with van der Waals surface area (Å²) in [4.78, 5) is 14.2. The van der Waals surface area contributed by atoms with Gasteiger partial charge in [0.15, 0.2) is 18.1 Å². The first-order chi connectivity index (χ1) is 14.9. The predicted molar refractivity (Wildman–Crippen MR) is 129 cm³/mol. The number of ether oxygens (including phenoxy) is 2. The number of hydrogen-bond acceptors (Lipinski definition) is 5. The molecule has 174 valence electrons. The molecule has 7 heteroatoms. The van der Waals surface area contributed by atoms with Crippen molar-refractivity contribution in [2.24, 2.45) is 5.73 Å². The number of nitrogens with one attached hydrogen (secondary N) is 1. The van der Waals surface area contributed by atoms with Gasteiger partial charge in [0, 0.05) is 38.1 Å². The van der Waals surface area contributed by atoms with Crippen LogP contribution < -0.4 is 20.5 Å². The molecule has 0 unspecified atom stereocenters. The molecule has 3 atom stereocenters. The molecule has 1 amide bonds. The zero-order valence-corrected chi connectivity index (χ0v) is 20.1. The molecule has 2 aromatic carbocycles. The van der Waals surface area contributed by atoms with Crippen LogP contribution in [0.25, 0.3) is 0 Å². The van der Waals surface area contributed by atoms with Crippen molar-refractivity contribution in [1.82, 2.24) is 10.2 Å². The first kappa shape index (κ1) is 24.4. The lowest BCUT2D eigenvalue weighted by molar-refractivity contribution is -0.122. The second-order valence-corrected chi connectivity index (χ2v) is 8.79. The molecule has 0 spiro atoms. The van der Waals surface area contributed by atoms with Crippen LogP contribution in [0.15, 0.2) is 30.3 Å². The number of piperidine rings is 1. The van der Waals surface area contributed by atoms with Crippen LogP contribution in [0.5, 0.6) is 11.5 Å². The number of hydrogen-bond donors (Lipinski definition) is 2. The zero-order valence-electron chi connectivity index (χ0n) is 19.3. The third-order valence-corrected chi connectivity index (χ3v) is 6.81. The molecular weight excluding hydrogens is 426 g/mol. The first-order valence-corrected chi connectivity index (χ1v) is 11.0. The molecular formula is C25H34ClN3O3. The van der Waals surface area contributed by atoms with Crippen molar-refractivity contribution in [2.75, 3.05) is 33.9 Å². The van der Waals surface area contributed by atoms with Gasteiger partial charge in [-0.15, -0.1) is 12.4 Å². The summed E-state index contributed by atoms with van der Waals surface area (Å²) >= 11 is 0. The van der Waals surface area contributed by atoms with Gasteiger partial charge >= 0.3 is 0 Å². The Labute approximate surface area is 196 Å². The summed E-state index contributed by atoms with van der Waals surface area (Å²) in [5, 5.41) is 2.58. The Morgan fingerprint density at radius 2 is 1.97 bits per heavy atom. The average Bonchev–Trinajstić information content (AvgIpc) is 2.78. The second kappa shape index (κ2) is 10.1. The molecule has 1 saturated heterocycles. The summed E-state index contributed by atoms with van der Waals surface area (Å²) in [6.45, 7) is 6.26. The smallest absolute Gasteiger partial charge is 0.257 e. The van der Waals surface area contributed by atoms with Crippen LogP contribution in [0.3, 0.4) is 0 Å². The minimum atomic E-state index is -0.165. The molecule has 4 rings (SSSR count). The number of nitrogens with zero attached hydrogens (tertiary/aromatic N) is 1. The fourth-order valence-corrected chi connectivity index (χ4v) is 5.04. The molecule has 2 aliphatic rings. The van der Waals surface area contributed by atoms with E-state index in [9.17, 15) is 4.79 Å². The number of aryl methyl sites for hydroxylation is 2. The molecule has 0 aromatic heterocycles. The van der Waals surface area contributed by atoms with Gasteiger partial charge in [-0.2, -0.15) is 0 Å². The summed E-state index contributed by atoms with van der Waals surface area (Å²) in [6, 6.07) is 11.2. The Hall–Kier alpha value is -2.28. The van der Waals surface area contributed by atoms with Crippen molar-refractivity contribution in [1.29, 1.82) is 0 Å². The Balaban J connectivity index is 0.00000289. The largest absolute Gasteiger partial charge is 0.493 e. The lowest BCUT2D eigenvalue weighted by Crippen LogP contribution is -2.49. The number of halogens is 1. The Bertz CT molecular complexity index is 981. The van der Waals surface area contributed by atoms with Crippen molar-refractivity contribution >= 4 is 18.3 Å². The number of fused-ring (bicyclic) bond motifs is 3. The number of nitrogens with two attached hydrogens (primary N) is 1. The minimum absolute atomic E-state index is 0. The summed E-state index contributed by atoms with van der Waals surface area (Å²) in [5.74, 6) is 1.46. The Kier molecular flexibility index (Phi) is 7.70. The van der Waals surface area contributed by atoms with Crippen LogP contribution in [0.1, 0.15) is 46.2 Å². The van der Waals surface area contributed by atoms with Gasteiger partial charge in [0.1, 0.15) is 0 Å². The van der Waals surface area contributed by atoms with Gasteiger partial charge < -0.3 is 20.5 Å². The number of methoxy groups -OCH3 is 1. The minimum Gasteiger partial charge on any atom is -0.493 e. The van der Waals surface area contributed by atoms with E-state index in [-0.39, 0.29) is 37.0 Å². The van der Waals surface area contributed by atoms with Crippen molar-refractivity contribution in [3.63, 3.8) is 0 Å². The summed E-state index contributed by atoms with van der Waals surface area (Å²) in [6.07, 6.45) is 1.85. The number of carbonyl (C=O) groups excluding carboxylic acids is 1. The summed E-state index contributed by atoms with van der Waals surface area (Å²) in [5.41, 5.74) is 13.3. The Morgan fingerprint density at radius 1 is 1.19 bits per heavy atom. The number of rotatable bonds is 5. The third-order valence-electron chi connectivity index (χ3n) is 6.81. The van der Waals surface area contributed by atoms with Gasteiger partial charge in [-0.3, -0.25) is 9.69 Å². The lowest BCUT2D eigenvalue weighted by Gasteiger charge is -2.46. The molecule has 6 nitrogen and oxygen atoms in total. The number of carbonyl (C=O) groups is 1. The molecule has 32 heavy (non-hydrogen) atoms. The fourth-order valence-electron chi connectivity index (χ4n) is 5.04. The highest BCUT2D eigenvalue weighted by Gasteiger charge is 2.39. The molecule has 2 aliphatic heterocycles. The van der Waals surface area contributed by atoms with Gasteiger partial charge in [0.2, 0.25) is 0 Å². The zero-order chi connectivity index (χ0) is 22.1. The molecule has 0 aliphatic carbocycles. The Morgan fingerprint density at radius 3 is 2.69 bits per heavy atom. The van der Waals surface area contributed by atoms with Crippen LogP contribution in [-0.4, -0.2) is 50.7 Å². The molecule has 3 N–H and O–H groups in total. The van der Waals surface area contributed by atoms with E-state index in [0.717, 1.165) is 25.9 Å². The molecule has 0 saturated carbocycles. The van der Waals surface area contributed by atoms with Crippen LogP contribution in [-0.2, 0) is 11.2 Å². The maximum absolute atomic E-state index is 11.6. The highest BCUT2D eigenvalue weighted by atomic mass is 35.5. The fraction of sp³-hybridized carbons (Fsp3) is 0.480. The van der Waals surface area contributed by atoms with Crippen molar-refractivity contribution in [3.8, 4) is 11.5 Å². The van der Waals surface area contributed by atoms with E-state index in [1.54, 1.807) is 14.2 Å². The molecule has 1 fully saturated rings. The van der Waals surface area contributed by atoms with E-state index in [0.29, 0.717) is 17.4 Å². The van der Waals surface area contributed by atoms with Crippen LogP contribution in [0, 0.1) is 13.8 Å². The lowest BCUT2D eigenvalue weighted by atomic mass is 9.77. The van der Waals surface area contributed by atoms with E-state index in [4.69, 9.17) is 15.2 Å². The molecule has 0 bridgehead atoms. The first-order valence-electron chi connectivity index (χ1n) is 11.0. The van der Waals surface area contributed by atoms with E-state index in [1.807, 2.05) is 6.07 Å². The number of benzene rings is 2. The normalized spacial score (nSPS) is 22.2. The highest BCUT2D eigenvalue weighted by molar-refractivity contribution is 5.85. The number of likely N-dealkylation sites (N-methyl/N-ethyl adjacent to an activating group) is 1. The summed E-state index contributed by atoms with van der Waals surface area (Å²) in [7, 11) is 3.24. The van der Waals surface area contributed by atoms with E-state index in [1.165, 1.54) is 27.8 Å². The van der Waals surface area contributed by atoms with Crippen molar-refractivity contribution in [3.05, 3.63) is 58.1 Å².